The van der Waals surface area contributed by atoms with Gasteiger partial charge in [-0.2, -0.15) is 0 Å². The maximum absolute atomic E-state index is 5.16. The van der Waals surface area contributed by atoms with Gasteiger partial charge in [0.05, 0.1) is 0 Å². The lowest BCUT2D eigenvalue weighted by Gasteiger charge is -2.26. The molecule has 0 aromatic heterocycles. The van der Waals surface area contributed by atoms with E-state index in [-0.39, 0.29) is 0 Å². The highest BCUT2D eigenvalue weighted by Gasteiger charge is 2.47. The molecule has 1 radical (unpaired) electrons. The molecule has 0 aliphatic carbocycles. The van der Waals surface area contributed by atoms with Crippen LogP contribution in [0.15, 0.2) is 0 Å². The average Bonchev–Trinajstić information content (AvgIpc) is 2.41. The molecule has 8 nitrogen and oxygen atoms in total. The van der Waals surface area contributed by atoms with Crippen LogP contribution in [0.1, 0.15) is 0 Å². The van der Waals surface area contributed by atoms with Crippen molar-refractivity contribution in [2.24, 2.45) is 0 Å². The molecule has 17 heavy (non-hydrogen) atoms. The van der Waals surface area contributed by atoms with Gasteiger partial charge in [0.25, 0.3) is 0 Å². The molecule has 0 rings (SSSR count). The fourth-order valence-corrected chi connectivity index (χ4v) is 2.94. The maximum Gasteiger partial charge on any atom is 0.665 e. The predicted molar refractivity (Wildman–Crippen MR) is 61.5 cm³/mol. The molecule has 11 heteroatoms. The molecule has 0 aliphatic heterocycles. The third kappa shape index (κ3) is 4.75. The highest BCUT2D eigenvalue weighted by atomic mass is 28.4. The lowest BCUT2D eigenvalue weighted by atomic mass is 10.4. The summed E-state index contributed by atoms with van der Waals surface area (Å²) in [5, 5.41) is 0. The molecule has 0 N–H and O–H groups in total. The minimum absolute atomic E-state index is 0.978. The normalized spacial score (nSPS) is 12.8. The summed E-state index contributed by atoms with van der Waals surface area (Å²) >= 11 is 0. The van der Waals surface area contributed by atoms with Crippen LogP contribution in [0.5, 0.6) is 0 Å². The Morgan fingerprint density at radius 3 is 0.941 bits per heavy atom. The van der Waals surface area contributed by atoms with Crippen molar-refractivity contribution in [2.45, 2.75) is 0 Å². The van der Waals surface area contributed by atoms with Crippen LogP contribution in [0.4, 0.5) is 0 Å². The monoisotopic (exact) mass is 285 g/mol. The van der Waals surface area contributed by atoms with E-state index in [0.717, 1.165) is 7.69 Å². The molecule has 0 unspecified atom stereocenters. The molecule has 101 valence electrons. The molecular weight excluding hydrogens is 267 g/mol. The van der Waals surface area contributed by atoms with Crippen molar-refractivity contribution in [1.82, 2.24) is 0 Å². The fourth-order valence-electron chi connectivity index (χ4n) is 0.931. The number of hydrogen-bond acceptors (Lipinski definition) is 8. The van der Waals surface area contributed by atoms with E-state index in [0.29, 0.717) is 0 Å². The summed E-state index contributed by atoms with van der Waals surface area (Å²) in [6.07, 6.45) is 0. The van der Waals surface area contributed by atoms with Crippen molar-refractivity contribution in [1.29, 1.82) is 0 Å². The lowest BCUT2D eigenvalue weighted by Crippen LogP contribution is -2.52. The zero-order valence-electron chi connectivity index (χ0n) is 10.8. The summed E-state index contributed by atoms with van der Waals surface area (Å²) < 4.78 is 40.4. The van der Waals surface area contributed by atoms with Crippen molar-refractivity contribution in [3.8, 4) is 0 Å². The van der Waals surface area contributed by atoms with Crippen LogP contribution >= 0.6 is 0 Å². The molecule has 0 heterocycles. The average molecular weight is 285 g/mol. The summed E-state index contributed by atoms with van der Waals surface area (Å²) in [4.78, 5) is 0. The first-order valence-corrected chi connectivity index (χ1v) is 7.82. The second-order valence-electron chi connectivity index (χ2n) is 2.56. The van der Waals surface area contributed by atoms with Gasteiger partial charge in [-0.15, -0.1) is 0 Å². The maximum atomic E-state index is 5.16. The minimum atomic E-state index is -3.18. The first-order chi connectivity index (χ1) is 8.07. The predicted octanol–water partition coefficient (Wildman–Crippen LogP) is -0.697. The molecule has 0 amide bonds. The number of hydrogen-bond donors (Lipinski definition) is 0. The zero-order chi connectivity index (χ0) is 13.4. The van der Waals surface area contributed by atoms with E-state index in [2.05, 4.69) is 0 Å². The fraction of sp³-hybridized carbons (Fsp3) is 1.00. The van der Waals surface area contributed by atoms with Gasteiger partial charge in [0.1, 0.15) is 0 Å². The SMILES string of the molecule is CO[Si](OC)(OC)O[B]O[Si](OC)(OC)OC. The second kappa shape index (κ2) is 8.31. The molecular formula is C6H18BO8Si2. The van der Waals surface area contributed by atoms with Crippen LogP contribution in [0.3, 0.4) is 0 Å². The quantitative estimate of drug-likeness (QED) is 0.488. The first-order valence-electron chi connectivity index (χ1n) is 4.55. The molecule has 0 aromatic rings. The van der Waals surface area contributed by atoms with Crippen LogP contribution in [0, 0.1) is 0 Å². The van der Waals surface area contributed by atoms with E-state index in [9.17, 15) is 0 Å². The standard InChI is InChI=1S/C6H18BO8Si2/c1-8-16(9-2,10-3)14-7-15-17(11-4,12-5)13-6/h1-6H3. The van der Waals surface area contributed by atoms with E-state index in [1.165, 1.54) is 42.7 Å². The van der Waals surface area contributed by atoms with Crippen molar-refractivity contribution < 1.29 is 35.2 Å². The van der Waals surface area contributed by atoms with E-state index in [4.69, 9.17) is 35.2 Å². The Labute approximate surface area is 104 Å². The largest absolute Gasteiger partial charge is 0.665 e. The summed E-state index contributed by atoms with van der Waals surface area (Å²) in [6, 6.07) is 0. The van der Waals surface area contributed by atoms with Crippen molar-refractivity contribution >= 4 is 25.8 Å². The van der Waals surface area contributed by atoms with Crippen molar-refractivity contribution in [3.63, 3.8) is 0 Å². The Morgan fingerprint density at radius 2 is 0.765 bits per heavy atom. The topological polar surface area (TPSA) is 73.8 Å². The van der Waals surface area contributed by atoms with E-state index >= 15 is 0 Å². The summed E-state index contributed by atoms with van der Waals surface area (Å²) in [7, 11) is 3.04. The van der Waals surface area contributed by atoms with Gasteiger partial charge in [-0.25, -0.2) is 0 Å². The molecule has 0 atom stereocenters. The van der Waals surface area contributed by atoms with Gasteiger partial charge in [0, 0.05) is 42.7 Å². The van der Waals surface area contributed by atoms with E-state index in [1.807, 2.05) is 0 Å². The van der Waals surface area contributed by atoms with Gasteiger partial charge in [-0.05, 0) is 0 Å². The molecule has 0 saturated heterocycles. The van der Waals surface area contributed by atoms with E-state index in [1.54, 1.807) is 0 Å². The molecule has 0 bridgehead atoms. The highest BCUT2D eigenvalue weighted by molar-refractivity contribution is 6.63. The Kier molecular flexibility index (Phi) is 8.40. The Morgan fingerprint density at radius 1 is 0.529 bits per heavy atom. The Hall–Kier alpha value is 0.179. The van der Waals surface area contributed by atoms with E-state index < -0.39 is 18.1 Å². The lowest BCUT2D eigenvalue weighted by molar-refractivity contribution is 0.0270. The Balaban J connectivity index is 4.28. The third-order valence-corrected chi connectivity index (χ3v) is 5.65. The van der Waals surface area contributed by atoms with Crippen LogP contribution in [-0.4, -0.2) is 68.4 Å². The molecule has 0 spiro atoms. The van der Waals surface area contributed by atoms with Crippen molar-refractivity contribution in [2.75, 3.05) is 42.7 Å². The highest BCUT2D eigenvalue weighted by Crippen LogP contribution is 2.10. The summed E-state index contributed by atoms with van der Waals surface area (Å²) in [6.45, 7) is 0. The Bertz CT molecular complexity index is 164. The van der Waals surface area contributed by atoms with Gasteiger partial charge in [0.2, 0.25) is 0 Å². The number of rotatable bonds is 10. The van der Waals surface area contributed by atoms with Crippen LogP contribution in [0.25, 0.3) is 0 Å². The minimum Gasteiger partial charge on any atom is -0.391 e. The smallest absolute Gasteiger partial charge is 0.391 e. The first kappa shape index (κ1) is 17.2. The zero-order valence-corrected chi connectivity index (χ0v) is 12.8. The third-order valence-electron chi connectivity index (χ3n) is 1.88. The molecule has 0 fully saturated rings. The molecule has 0 saturated carbocycles. The van der Waals surface area contributed by atoms with Gasteiger partial charge >= 0.3 is 25.8 Å². The van der Waals surface area contributed by atoms with Gasteiger partial charge < -0.3 is 35.2 Å². The van der Waals surface area contributed by atoms with Crippen LogP contribution in [0.2, 0.25) is 0 Å². The summed E-state index contributed by atoms with van der Waals surface area (Å²) in [5.41, 5.74) is 0. The van der Waals surface area contributed by atoms with Crippen LogP contribution in [-0.2, 0) is 35.2 Å². The molecule has 0 aliphatic rings. The van der Waals surface area contributed by atoms with Gasteiger partial charge in [-0.3, -0.25) is 0 Å². The van der Waals surface area contributed by atoms with Crippen molar-refractivity contribution in [3.05, 3.63) is 0 Å². The molecule has 0 aromatic carbocycles. The summed E-state index contributed by atoms with van der Waals surface area (Å²) in [5.74, 6) is 0. The van der Waals surface area contributed by atoms with Gasteiger partial charge in [0.15, 0.2) is 0 Å². The van der Waals surface area contributed by atoms with Crippen LogP contribution < -0.4 is 0 Å². The van der Waals surface area contributed by atoms with Gasteiger partial charge in [-0.1, -0.05) is 0 Å². The second-order valence-corrected chi connectivity index (χ2v) is 7.48.